The van der Waals surface area contributed by atoms with Crippen LogP contribution in [0.2, 0.25) is 5.02 Å². The number of carbonyl (C=O) groups excluding carboxylic acids is 2. The van der Waals surface area contributed by atoms with Crippen molar-refractivity contribution in [2.24, 2.45) is 0 Å². The Balaban J connectivity index is 1.42. The van der Waals surface area contributed by atoms with Crippen LogP contribution in [0.5, 0.6) is 5.75 Å². The summed E-state index contributed by atoms with van der Waals surface area (Å²) >= 11 is 5.95. The number of amides is 2. The molecule has 3 rings (SSSR count). The molecule has 14 heteroatoms. The average molecular weight is 492 g/mol. The Kier molecular flexibility index (Phi) is 7.79. The Bertz CT molecular complexity index is 1220. The highest BCUT2D eigenvalue weighted by Crippen LogP contribution is 2.22. The number of nitrogens with one attached hydrogen (secondary N) is 2. The van der Waals surface area contributed by atoms with Crippen LogP contribution in [0.4, 0.5) is 5.69 Å². The quantitative estimate of drug-likeness (QED) is 0.243. The summed E-state index contributed by atoms with van der Waals surface area (Å²) in [6.45, 7) is 5.00. The number of carbonyl (C=O) groups is 2. The zero-order valence-electron chi connectivity index (χ0n) is 18.6. The van der Waals surface area contributed by atoms with Gasteiger partial charge in [0, 0.05) is 18.1 Å². The fraction of sp³-hybridized carbons (Fsp3) is 0.350. The number of ether oxygens (including phenoxy) is 1. The van der Waals surface area contributed by atoms with Crippen LogP contribution in [-0.4, -0.2) is 56.4 Å². The van der Waals surface area contributed by atoms with Crippen LogP contribution in [0.25, 0.3) is 0 Å². The molecule has 2 amide bonds. The number of hydrogen-bond acceptors (Lipinski definition) is 9. The molecule has 0 unspecified atom stereocenters. The van der Waals surface area contributed by atoms with Crippen molar-refractivity contribution < 1.29 is 23.8 Å². The van der Waals surface area contributed by atoms with Gasteiger partial charge in [0.2, 0.25) is 0 Å². The largest absolute Gasteiger partial charge is 0.484 e. The van der Waals surface area contributed by atoms with Crippen LogP contribution >= 0.6 is 11.6 Å². The number of nitro groups is 1. The summed E-state index contributed by atoms with van der Waals surface area (Å²) in [5.41, 5.74) is 1.35. The lowest BCUT2D eigenvalue weighted by molar-refractivity contribution is -0.386. The molecule has 13 nitrogen and oxygen atoms in total. The molecule has 0 saturated heterocycles. The first-order valence-electron chi connectivity index (χ1n) is 10.1. The molecule has 1 aromatic carbocycles. The van der Waals surface area contributed by atoms with Crippen LogP contribution < -0.4 is 15.4 Å². The third-order valence-corrected chi connectivity index (χ3v) is 5.14. The van der Waals surface area contributed by atoms with Gasteiger partial charge in [-0.1, -0.05) is 16.8 Å². The van der Waals surface area contributed by atoms with Gasteiger partial charge in [-0.2, -0.15) is 10.1 Å². The molecule has 2 aromatic heterocycles. The molecule has 3 aromatic rings. The van der Waals surface area contributed by atoms with E-state index in [1.807, 2.05) is 6.92 Å². The van der Waals surface area contributed by atoms with Crippen LogP contribution in [0.1, 0.15) is 33.5 Å². The number of benzene rings is 1. The molecule has 0 aliphatic heterocycles. The van der Waals surface area contributed by atoms with Crippen LogP contribution in [0, 0.1) is 30.9 Å². The Morgan fingerprint density at radius 2 is 1.97 bits per heavy atom. The molecular formula is C20H22ClN7O6. The van der Waals surface area contributed by atoms with E-state index >= 15 is 0 Å². The van der Waals surface area contributed by atoms with Crippen molar-refractivity contribution in [1.82, 2.24) is 30.6 Å². The van der Waals surface area contributed by atoms with Gasteiger partial charge in [0.25, 0.3) is 5.91 Å². The Hall–Kier alpha value is -4.00. The normalized spacial score (nSPS) is 10.7. The molecule has 0 radical (unpaired) electrons. The highest BCUT2D eigenvalue weighted by Gasteiger charge is 2.23. The molecule has 180 valence electrons. The minimum absolute atomic E-state index is 0.000491. The van der Waals surface area contributed by atoms with Crippen molar-refractivity contribution in [3.8, 4) is 5.75 Å². The molecule has 0 fully saturated rings. The van der Waals surface area contributed by atoms with Gasteiger partial charge >= 0.3 is 17.5 Å². The van der Waals surface area contributed by atoms with E-state index in [2.05, 4.69) is 25.9 Å². The Morgan fingerprint density at radius 3 is 2.65 bits per heavy atom. The average Bonchev–Trinajstić information content (AvgIpc) is 3.36. The van der Waals surface area contributed by atoms with E-state index < -0.39 is 10.8 Å². The third kappa shape index (κ3) is 6.07. The topological polar surface area (TPSA) is 167 Å². The highest BCUT2D eigenvalue weighted by atomic mass is 35.5. The maximum atomic E-state index is 12.2. The second-order valence-electron chi connectivity index (χ2n) is 7.26. The molecule has 0 spiro atoms. The van der Waals surface area contributed by atoms with Gasteiger partial charge in [-0.25, -0.2) is 0 Å². The summed E-state index contributed by atoms with van der Waals surface area (Å²) < 4.78 is 11.7. The fourth-order valence-corrected chi connectivity index (χ4v) is 3.13. The summed E-state index contributed by atoms with van der Waals surface area (Å²) in [5.74, 6) is -0.610. The molecular weight excluding hydrogens is 470 g/mol. The molecule has 0 bridgehead atoms. The van der Waals surface area contributed by atoms with E-state index in [0.29, 0.717) is 16.5 Å². The first-order chi connectivity index (χ1) is 16.2. The van der Waals surface area contributed by atoms with E-state index in [1.165, 1.54) is 11.6 Å². The standard InChI is InChI=1S/C20H22ClN7O6/c1-11-8-14(4-5-15(11)21)33-10-17(29)22-6-7-23-19(30)20-24-16(26-34-20)9-27-13(3)18(28(31)32)12(2)25-27/h4-5,8H,6-7,9-10H2,1-3H3,(H,22,29)(H,23,30). The summed E-state index contributed by atoms with van der Waals surface area (Å²) in [7, 11) is 0. The summed E-state index contributed by atoms with van der Waals surface area (Å²) in [5, 5.41) is 24.7. The van der Waals surface area contributed by atoms with Gasteiger partial charge in [-0.05, 0) is 44.5 Å². The first kappa shape index (κ1) is 24.6. The van der Waals surface area contributed by atoms with Crippen molar-refractivity contribution in [3.05, 3.63) is 62.0 Å². The predicted molar refractivity (Wildman–Crippen MR) is 119 cm³/mol. The van der Waals surface area contributed by atoms with Gasteiger partial charge in [0.1, 0.15) is 23.7 Å². The number of aromatic nitrogens is 4. The number of hydrogen-bond donors (Lipinski definition) is 2. The van der Waals surface area contributed by atoms with Crippen molar-refractivity contribution in [2.45, 2.75) is 27.3 Å². The molecule has 34 heavy (non-hydrogen) atoms. The van der Waals surface area contributed by atoms with Crippen LogP contribution in [0.3, 0.4) is 0 Å². The van der Waals surface area contributed by atoms with Gasteiger partial charge in [-0.3, -0.25) is 24.4 Å². The number of nitrogens with zero attached hydrogens (tertiary/aromatic N) is 5. The molecule has 0 aliphatic carbocycles. The monoisotopic (exact) mass is 491 g/mol. The minimum atomic E-state index is -0.625. The molecule has 0 saturated carbocycles. The second-order valence-corrected chi connectivity index (χ2v) is 7.66. The maximum Gasteiger partial charge on any atom is 0.316 e. The molecule has 0 atom stereocenters. The Labute approximate surface area is 198 Å². The Morgan fingerprint density at radius 1 is 1.24 bits per heavy atom. The van der Waals surface area contributed by atoms with Crippen molar-refractivity contribution in [2.75, 3.05) is 19.7 Å². The van der Waals surface area contributed by atoms with Crippen molar-refractivity contribution in [1.29, 1.82) is 0 Å². The van der Waals surface area contributed by atoms with Gasteiger partial charge < -0.3 is 19.9 Å². The molecule has 2 heterocycles. The van der Waals surface area contributed by atoms with E-state index in [9.17, 15) is 19.7 Å². The fourth-order valence-electron chi connectivity index (χ4n) is 3.01. The molecule has 0 aliphatic rings. The van der Waals surface area contributed by atoms with Gasteiger partial charge in [-0.15, -0.1) is 0 Å². The number of aryl methyl sites for hydroxylation is 2. The lowest BCUT2D eigenvalue weighted by Gasteiger charge is -2.08. The zero-order valence-corrected chi connectivity index (χ0v) is 19.4. The lowest BCUT2D eigenvalue weighted by Crippen LogP contribution is -2.36. The van der Waals surface area contributed by atoms with Crippen molar-refractivity contribution >= 4 is 29.1 Å². The van der Waals surface area contributed by atoms with E-state index in [1.54, 1.807) is 25.1 Å². The van der Waals surface area contributed by atoms with Crippen LogP contribution in [0.15, 0.2) is 22.7 Å². The van der Waals surface area contributed by atoms with Crippen LogP contribution in [-0.2, 0) is 11.3 Å². The minimum Gasteiger partial charge on any atom is -0.484 e. The summed E-state index contributed by atoms with van der Waals surface area (Å²) in [6, 6.07) is 5.08. The number of rotatable bonds is 10. The lowest BCUT2D eigenvalue weighted by atomic mass is 10.2. The van der Waals surface area contributed by atoms with Gasteiger partial charge in [0.05, 0.1) is 4.92 Å². The third-order valence-electron chi connectivity index (χ3n) is 4.71. The predicted octanol–water partition coefficient (Wildman–Crippen LogP) is 1.73. The van der Waals surface area contributed by atoms with Crippen molar-refractivity contribution in [3.63, 3.8) is 0 Å². The summed E-state index contributed by atoms with van der Waals surface area (Å²) in [4.78, 5) is 38.6. The van der Waals surface area contributed by atoms with E-state index in [-0.39, 0.29) is 55.2 Å². The maximum absolute atomic E-state index is 12.2. The van der Waals surface area contributed by atoms with E-state index in [4.69, 9.17) is 20.9 Å². The SMILES string of the molecule is Cc1cc(OCC(=O)NCCNC(=O)c2nc(Cn3nc(C)c([N+](=O)[O-])c3C)no2)ccc1Cl. The summed E-state index contributed by atoms with van der Waals surface area (Å²) in [6.07, 6.45) is 0. The van der Waals surface area contributed by atoms with E-state index in [0.717, 1.165) is 5.56 Å². The molecule has 2 N–H and O–H groups in total. The van der Waals surface area contributed by atoms with Gasteiger partial charge in [0.15, 0.2) is 12.4 Å². The zero-order chi connectivity index (χ0) is 24.8. The first-order valence-corrected chi connectivity index (χ1v) is 10.5. The second kappa shape index (κ2) is 10.7. The smallest absolute Gasteiger partial charge is 0.316 e. The number of halogens is 1. The highest BCUT2D eigenvalue weighted by molar-refractivity contribution is 6.31.